The Balaban J connectivity index is 2.01. The van der Waals surface area contributed by atoms with Crippen LogP contribution >= 0.6 is 0 Å². The minimum Gasteiger partial charge on any atom is -0.384 e. The Morgan fingerprint density at radius 3 is 2.03 bits per heavy atom. The molecule has 0 saturated heterocycles. The summed E-state index contributed by atoms with van der Waals surface area (Å²) in [7, 11) is -1.50. The lowest BCUT2D eigenvalue weighted by atomic mass is 9.70. The molecule has 0 spiro atoms. The van der Waals surface area contributed by atoms with E-state index in [0.717, 1.165) is 19.3 Å². The molecule has 1 N–H and O–H groups in total. The van der Waals surface area contributed by atoms with E-state index in [1.54, 1.807) is 22.8 Å². The highest BCUT2D eigenvalue weighted by molar-refractivity contribution is 6.84. The summed E-state index contributed by atoms with van der Waals surface area (Å²) in [6.07, 6.45) is 10.6. The SMILES string of the molecule is C=CC(O)c1c(CCC(=C(C)C)/C(C)=C/[Si](C)(C)C(C)(C)C)c2c(c3c1CC3)CCCC2. The molecule has 2 aliphatic rings. The van der Waals surface area contributed by atoms with Crippen LogP contribution in [0.5, 0.6) is 0 Å². The van der Waals surface area contributed by atoms with Gasteiger partial charge in [0.25, 0.3) is 0 Å². The molecule has 1 nitrogen and oxygen atoms in total. The summed E-state index contributed by atoms with van der Waals surface area (Å²) in [5, 5.41) is 11.3. The number of aliphatic hydroxyl groups excluding tert-OH is 1. The first-order chi connectivity index (χ1) is 14.9. The van der Waals surface area contributed by atoms with E-state index >= 15 is 0 Å². The van der Waals surface area contributed by atoms with Gasteiger partial charge in [0.05, 0.1) is 14.2 Å². The molecule has 3 rings (SSSR count). The Labute approximate surface area is 198 Å². The van der Waals surface area contributed by atoms with Gasteiger partial charge in [-0.1, -0.05) is 56.8 Å². The highest BCUT2D eigenvalue weighted by Gasteiger charge is 2.34. The molecule has 2 heteroatoms. The number of fused-ring (bicyclic) bond motifs is 3. The third kappa shape index (κ3) is 4.77. The van der Waals surface area contributed by atoms with Gasteiger partial charge in [-0.15, -0.1) is 6.58 Å². The van der Waals surface area contributed by atoms with E-state index in [2.05, 4.69) is 66.9 Å². The summed E-state index contributed by atoms with van der Waals surface area (Å²) < 4.78 is 0. The van der Waals surface area contributed by atoms with Gasteiger partial charge in [-0.05, 0) is 116 Å². The van der Waals surface area contributed by atoms with E-state index in [1.807, 2.05) is 0 Å². The molecular formula is C30H46OSi. The van der Waals surface area contributed by atoms with Crippen LogP contribution in [-0.2, 0) is 32.1 Å². The van der Waals surface area contributed by atoms with Crippen molar-refractivity contribution in [3.8, 4) is 0 Å². The summed E-state index contributed by atoms with van der Waals surface area (Å²) in [4.78, 5) is 0. The maximum atomic E-state index is 10.9. The summed E-state index contributed by atoms with van der Waals surface area (Å²) in [5.74, 6) is 0. The van der Waals surface area contributed by atoms with E-state index in [9.17, 15) is 5.11 Å². The van der Waals surface area contributed by atoms with Gasteiger partial charge in [-0.3, -0.25) is 0 Å². The Morgan fingerprint density at radius 1 is 0.969 bits per heavy atom. The average Bonchev–Trinajstić information content (AvgIpc) is 2.66. The van der Waals surface area contributed by atoms with Crippen molar-refractivity contribution in [1.29, 1.82) is 0 Å². The standard InChI is InChI=1S/C30H46OSi/c1-10-28(31)29-26(24-14-12-11-13-23(24)25-16-18-27(25)29)17-15-22(20(2)3)21(4)19-32(8,9)30(5,6)7/h10,19,28,31H,1,11-18H2,2-9H3/b21-19+. The molecule has 0 saturated carbocycles. The van der Waals surface area contributed by atoms with Gasteiger partial charge in [0.15, 0.2) is 0 Å². The Kier molecular flexibility index (Phi) is 7.47. The number of hydrogen-bond acceptors (Lipinski definition) is 1. The number of benzene rings is 1. The Hall–Kier alpha value is -1.38. The number of aliphatic hydroxyl groups is 1. The van der Waals surface area contributed by atoms with Crippen LogP contribution in [-0.4, -0.2) is 13.2 Å². The number of hydrogen-bond donors (Lipinski definition) is 1. The number of rotatable bonds is 7. The Bertz CT molecular complexity index is 948. The van der Waals surface area contributed by atoms with Gasteiger partial charge in [0, 0.05) is 0 Å². The van der Waals surface area contributed by atoms with Crippen molar-refractivity contribution in [2.45, 2.75) is 117 Å². The number of allylic oxidation sites excluding steroid dienone is 3. The zero-order valence-corrected chi connectivity index (χ0v) is 23.0. The second kappa shape index (κ2) is 9.47. The van der Waals surface area contributed by atoms with E-state index in [-0.39, 0.29) is 0 Å². The summed E-state index contributed by atoms with van der Waals surface area (Å²) in [6, 6.07) is 0. The van der Waals surface area contributed by atoms with E-state index < -0.39 is 14.2 Å². The monoisotopic (exact) mass is 450 g/mol. The fraction of sp³-hybridized carbons (Fsp3) is 0.600. The highest BCUT2D eigenvalue weighted by Crippen LogP contribution is 2.43. The molecule has 0 bridgehead atoms. The minimum atomic E-state index is -1.50. The molecule has 1 aromatic carbocycles. The molecule has 1 aromatic rings. The molecular weight excluding hydrogens is 404 g/mol. The van der Waals surface area contributed by atoms with Crippen LogP contribution in [0.4, 0.5) is 0 Å². The molecule has 0 amide bonds. The quantitative estimate of drug-likeness (QED) is 0.252. The van der Waals surface area contributed by atoms with E-state index in [0.29, 0.717) is 5.04 Å². The normalized spacial score (nSPS) is 17.2. The van der Waals surface area contributed by atoms with Gasteiger partial charge in [0.1, 0.15) is 0 Å². The zero-order valence-electron chi connectivity index (χ0n) is 22.0. The summed E-state index contributed by atoms with van der Waals surface area (Å²) in [5.41, 5.74) is 15.9. The first-order valence-corrected chi connectivity index (χ1v) is 15.8. The summed E-state index contributed by atoms with van der Waals surface area (Å²) in [6.45, 7) is 23.0. The molecule has 0 radical (unpaired) electrons. The van der Waals surface area contributed by atoms with Crippen molar-refractivity contribution in [2.75, 3.05) is 0 Å². The van der Waals surface area contributed by atoms with Crippen molar-refractivity contribution in [2.24, 2.45) is 0 Å². The molecule has 0 aliphatic heterocycles. The third-order valence-electron chi connectivity index (χ3n) is 8.57. The molecule has 0 fully saturated rings. The maximum absolute atomic E-state index is 10.9. The van der Waals surface area contributed by atoms with E-state index in [4.69, 9.17) is 0 Å². The van der Waals surface area contributed by atoms with Gasteiger partial charge in [0.2, 0.25) is 0 Å². The van der Waals surface area contributed by atoms with Gasteiger partial charge >= 0.3 is 0 Å². The zero-order chi connectivity index (χ0) is 23.8. The largest absolute Gasteiger partial charge is 0.384 e. The van der Waals surface area contributed by atoms with Crippen molar-refractivity contribution in [3.63, 3.8) is 0 Å². The minimum absolute atomic E-state index is 0.350. The lowest BCUT2D eigenvalue weighted by Gasteiger charge is -2.36. The van der Waals surface area contributed by atoms with Gasteiger partial charge < -0.3 is 5.11 Å². The molecule has 1 atom stereocenters. The predicted octanol–water partition coefficient (Wildman–Crippen LogP) is 8.15. The summed E-state index contributed by atoms with van der Waals surface area (Å²) >= 11 is 0. The topological polar surface area (TPSA) is 20.2 Å². The lowest BCUT2D eigenvalue weighted by molar-refractivity contribution is 0.225. The van der Waals surface area contributed by atoms with Crippen molar-refractivity contribution in [3.05, 3.63) is 68.5 Å². The van der Waals surface area contributed by atoms with Crippen LogP contribution in [0, 0.1) is 0 Å². The van der Waals surface area contributed by atoms with Gasteiger partial charge in [-0.2, -0.15) is 0 Å². The first-order valence-electron chi connectivity index (χ1n) is 12.7. The van der Waals surface area contributed by atoms with Crippen LogP contribution < -0.4 is 0 Å². The molecule has 176 valence electrons. The van der Waals surface area contributed by atoms with Crippen molar-refractivity contribution < 1.29 is 5.11 Å². The molecule has 1 unspecified atom stereocenters. The lowest BCUT2D eigenvalue weighted by Crippen LogP contribution is -2.35. The van der Waals surface area contributed by atoms with Crippen LogP contribution in [0.3, 0.4) is 0 Å². The average molecular weight is 451 g/mol. The van der Waals surface area contributed by atoms with Gasteiger partial charge in [-0.25, -0.2) is 0 Å². The molecule has 32 heavy (non-hydrogen) atoms. The second-order valence-corrected chi connectivity index (χ2v) is 17.2. The van der Waals surface area contributed by atoms with Crippen LogP contribution in [0.2, 0.25) is 18.1 Å². The molecule has 0 heterocycles. The highest BCUT2D eigenvalue weighted by atomic mass is 28.3. The van der Waals surface area contributed by atoms with Crippen LogP contribution in [0.25, 0.3) is 0 Å². The molecule has 2 aliphatic carbocycles. The fourth-order valence-electron chi connectivity index (χ4n) is 5.62. The second-order valence-electron chi connectivity index (χ2n) is 12.0. The predicted molar refractivity (Wildman–Crippen MR) is 143 cm³/mol. The van der Waals surface area contributed by atoms with Crippen molar-refractivity contribution in [1.82, 2.24) is 0 Å². The Morgan fingerprint density at radius 2 is 1.53 bits per heavy atom. The maximum Gasteiger partial charge on any atom is 0.0974 e. The molecule has 0 aromatic heterocycles. The van der Waals surface area contributed by atoms with E-state index in [1.165, 1.54) is 65.5 Å². The van der Waals surface area contributed by atoms with Crippen LogP contribution in [0.1, 0.15) is 100 Å². The first kappa shape index (κ1) is 25.2. The third-order valence-corrected chi connectivity index (χ3v) is 13.6. The van der Waals surface area contributed by atoms with Crippen molar-refractivity contribution >= 4 is 8.07 Å². The smallest absolute Gasteiger partial charge is 0.0974 e. The fourth-order valence-corrected chi connectivity index (χ4v) is 7.31. The van der Waals surface area contributed by atoms with Crippen LogP contribution in [0.15, 0.2) is 35.1 Å².